The van der Waals surface area contributed by atoms with Crippen LogP contribution >= 0.6 is 0 Å². The van der Waals surface area contributed by atoms with E-state index in [1.54, 1.807) is 0 Å². The van der Waals surface area contributed by atoms with Crippen LogP contribution in [0.1, 0.15) is 31.7 Å². The van der Waals surface area contributed by atoms with Gasteiger partial charge in [0, 0.05) is 12.0 Å². The summed E-state index contributed by atoms with van der Waals surface area (Å²) in [5.41, 5.74) is 7.66. The van der Waals surface area contributed by atoms with E-state index in [9.17, 15) is 0 Å². The average molecular weight is 189 g/mol. The highest BCUT2D eigenvalue weighted by Crippen LogP contribution is 2.48. The predicted molar refractivity (Wildman–Crippen MR) is 60.2 cm³/mol. The van der Waals surface area contributed by atoms with Gasteiger partial charge in [-0.05, 0) is 24.3 Å². The van der Waals surface area contributed by atoms with Crippen LogP contribution in [0.25, 0.3) is 0 Å². The van der Waals surface area contributed by atoms with Crippen LogP contribution in [-0.4, -0.2) is 6.54 Å². The Morgan fingerprint density at radius 2 is 1.93 bits per heavy atom. The second kappa shape index (κ2) is 3.74. The van der Waals surface area contributed by atoms with Gasteiger partial charge in [-0.2, -0.15) is 0 Å². The largest absolute Gasteiger partial charge is 0.330 e. The van der Waals surface area contributed by atoms with E-state index in [-0.39, 0.29) is 0 Å². The van der Waals surface area contributed by atoms with E-state index >= 15 is 0 Å². The third-order valence-corrected chi connectivity index (χ3v) is 3.71. The SMILES string of the molecule is CCC1CC(CN)(c2ccccc2)C1. The van der Waals surface area contributed by atoms with Crippen molar-refractivity contribution in [3.05, 3.63) is 35.9 Å². The van der Waals surface area contributed by atoms with Gasteiger partial charge in [-0.15, -0.1) is 0 Å². The van der Waals surface area contributed by atoms with Crippen LogP contribution in [0.5, 0.6) is 0 Å². The van der Waals surface area contributed by atoms with Gasteiger partial charge in [0.2, 0.25) is 0 Å². The Labute approximate surface area is 86.3 Å². The van der Waals surface area contributed by atoms with Crippen molar-refractivity contribution in [2.45, 2.75) is 31.6 Å². The fourth-order valence-corrected chi connectivity index (χ4v) is 2.65. The minimum Gasteiger partial charge on any atom is -0.330 e. The van der Waals surface area contributed by atoms with Crippen molar-refractivity contribution in [3.8, 4) is 0 Å². The Balaban J connectivity index is 2.16. The Morgan fingerprint density at radius 3 is 2.43 bits per heavy atom. The monoisotopic (exact) mass is 189 g/mol. The second-order valence-electron chi connectivity index (χ2n) is 4.53. The molecule has 2 N–H and O–H groups in total. The molecule has 0 unspecified atom stereocenters. The zero-order valence-corrected chi connectivity index (χ0v) is 8.87. The highest BCUT2D eigenvalue weighted by atomic mass is 14.6. The van der Waals surface area contributed by atoms with Crippen LogP contribution in [0.15, 0.2) is 30.3 Å². The van der Waals surface area contributed by atoms with Gasteiger partial charge in [0.1, 0.15) is 0 Å². The summed E-state index contributed by atoms with van der Waals surface area (Å²) >= 11 is 0. The van der Waals surface area contributed by atoms with Gasteiger partial charge in [0.25, 0.3) is 0 Å². The van der Waals surface area contributed by atoms with E-state index in [0.717, 1.165) is 12.5 Å². The minimum atomic E-state index is 0.307. The molecule has 1 aliphatic rings. The molecular weight excluding hydrogens is 170 g/mol. The van der Waals surface area contributed by atoms with E-state index in [2.05, 4.69) is 37.3 Å². The second-order valence-corrected chi connectivity index (χ2v) is 4.53. The predicted octanol–water partition coefficient (Wildman–Crippen LogP) is 2.70. The zero-order valence-electron chi connectivity index (χ0n) is 8.87. The van der Waals surface area contributed by atoms with Gasteiger partial charge in [-0.3, -0.25) is 0 Å². The fourth-order valence-electron chi connectivity index (χ4n) is 2.65. The van der Waals surface area contributed by atoms with Gasteiger partial charge in [-0.1, -0.05) is 43.7 Å². The fraction of sp³-hybridized carbons (Fsp3) is 0.538. The first-order valence-electron chi connectivity index (χ1n) is 5.56. The summed E-state index contributed by atoms with van der Waals surface area (Å²) in [4.78, 5) is 0. The molecule has 0 spiro atoms. The molecule has 0 atom stereocenters. The molecule has 1 heteroatoms. The third kappa shape index (κ3) is 1.46. The highest BCUT2D eigenvalue weighted by Gasteiger charge is 2.43. The zero-order chi connectivity index (χ0) is 10.0. The maximum atomic E-state index is 5.92. The van der Waals surface area contributed by atoms with E-state index in [4.69, 9.17) is 5.73 Å². The Bertz CT molecular complexity index is 285. The molecule has 0 aromatic heterocycles. The van der Waals surface area contributed by atoms with Crippen LogP contribution in [0.4, 0.5) is 0 Å². The van der Waals surface area contributed by atoms with E-state index in [1.165, 1.54) is 24.8 Å². The first-order valence-corrected chi connectivity index (χ1v) is 5.56. The van der Waals surface area contributed by atoms with Gasteiger partial charge in [-0.25, -0.2) is 0 Å². The summed E-state index contributed by atoms with van der Waals surface area (Å²) in [6.07, 6.45) is 3.86. The Kier molecular flexibility index (Phi) is 2.60. The molecule has 1 fully saturated rings. The van der Waals surface area contributed by atoms with E-state index < -0.39 is 0 Å². The molecular formula is C13H19N. The standard InChI is InChI=1S/C13H19N/c1-2-11-8-13(9-11,10-14)12-6-4-3-5-7-12/h3-7,11H,2,8-10,14H2,1H3. The van der Waals surface area contributed by atoms with Crippen molar-refractivity contribution in [2.75, 3.05) is 6.54 Å². The number of benzene rings is 1. The lowest BCUT2D eigenvalue weighted by atomic mass is 9.58. The van der Waals surface area contributed by atoms with Crippen LogP contribution in [0.3, 0.4) is 0 Å². The average Bonchev–Trinajstić information content (AvgIpc) is 2.19. The van der Waals surface area contributed by atoms with Gasteiger partial charge in [0.05, 0.1) is 0 Å². The Hall–Kier alpha value is -0.820. The number of hydrogen-bond donors (Lipinski definition) is 1. The maximum absolute atomic E-state index is 5.92. The number of nitrogens with two attached hydrogens (primary N) is 1. The lowest BCUT2D eigenvalue weighted by Gasteiger charge is -2.47. The molecule has 0 radical (unpaired) electrons. The molecule has 1 nitrogen and oxygen atoms in total. The van der Waals surface area contributed by atoms with Crippen molar-refractivity contribution in [3.63, 3.8) is 0 Å². The van der Waals surface area contributed by atoms with Crippen molar-refractivity contribution in [1.29, 1.82) is 0 Å². The van der Waals surface area contributed by atoms with Crippen molar-refractivity contribution < 1.29 is 0 Å². The van der Waals surface area contributed by atoms with Gasteiger partial charge in [0.15, 0.2) is 0 Å². The summed E-state index contributed by atoms with van der Waals surface area (Å²) in [6.45, 7) is 3.07. The summed E-state index contributed by atoms with van der Waals surface area (Å²) in [7, 11) is 0. The quantitative estimate of drug-likeness (QED) is 0.777. The number of rotatable bonds is 3. The van der Waals surface area contributed by atoms with Crippen LogP contribution < -0.4 is 5.73 Å². The van der Waals surface area contributed by atoms with Crippen LogP contribution in [0.2, 0.25) is 0 Å². The number of hydrogen-bond acceptors (Lipinski definition) is 1. The van der Waals surface area contributed by atoms with E-state index in [0.29, 0.717) is 5.41 Å². The van der Waals surface area contributed by atoms with Crippen molar-refractivity contribution >= 4 is 0 Å². The molecule has 14 heavy (non-hydrogen) atoms. The first kappa shape index (κ1) is 9.72. The van der Waals surface area contributed by atoms with Crippen LogP contribution in [-0.2, 0) is 5.41 Å². The maximum Gasteiger partial charge on any atom is 0.00808 e. The lowest BCUT2D eigenvalue weighted by Crippen LogP contribution is -2.46. The first-order chi connectivity index (χ1) is 6.80. The highest BCUT2D eigenvalue weighted by molar-refractivity contribution is 5.29. The molecule has 0 aliphatic heterocycles. The van der Waals surface area contributed by atoms with E-state index in [1.807, 2.05) is 0 Å². The topological polar surface area (TPSA) is 26.0 Å². The third-order valence-electron chi connectivity index (χ3n) is 3.71. The van der Waals surface area contributed by atoms with Gasteiger partial charge >= 0.3 is 0 Å². The normalized spacial score (nSPS) is 31.1. The molecule has 0 bridgehead atoms. The molecule has 1 aliphatic carbocycles. The molecule has 0 heterocycles. The lowest BCUT2D eigenvalue weighted by molar-refractivity contribution is 0.144. The molecule has 1 aromatic rings. The molecule has 2 rings (SSSR count). The molecule has 1 saturated carbocycles. The molecule has 0 saturated heterocycles. The summed E-state index contributed by atoms with van der Waals surface area (Å²) < 4.78 is 0. The van der Waals surface area contributed by atoms with Crippen molar-refractivity contribution in [1.82, 2.24) is 0 Å². The smallest absolute Gasteiger partial charge is 0.00808 e. The van der Waals surface area contributed by atoms with Crippen molar-refractivity contribution in [2.24, 2.45) is 11.7 Å². The summed E-state index contributed by atoms with van der Waals surface area (Å²) in [6, 6.07) is 10.7. The molecule has 1 aromatic carbocycles. The van der Waals surface area contributed by atoms with Gasteiger partial charge < -0.3 is 5.73 Å². The minimum absolute atomic E-state index is 0.307. The summed E-state index contributed by atoms with van der Waals surface area (Å²) in [5.74, 6) is 0.902. The Morgan fingerprint density at radius 1 is 1.29 bits per heavy atom. The molecule has 76 valence electrons. The van der Waals surface area contributed by atoms with Crippen LogP contribution in [0, 0.1) is 5.92 Å². The summed E-state index contributed by atoms with van der Waals surface area (Å²) in [5, 5.41) is 0. The molecule has 0 amide bonds.